The molecule has 0 spiro atoms. The van der Waals surface area contributed by atoms with Crippen molar-refractivity contribution in [3.05, 3.63) is 34.9 Å². The van der Waals surface area contributed by atoms with Gasteiger partial charge in [-0.3, -0.25) is 0 Å². The zero-order valence-corrected chi connectivity index (χ0v) is 13.7. The third kappa shape index (κ3) is 5.42. The predicted octanol–water partition coefficient (Wildman–Crippen LogP) is 3.54. The maximum absolute atomic E-state index is 5.68. The van der Waals surface area contributed by atoms with Gasteiger partial charge in [0.25, 0.3) is 0 Å². The summed E-state index contributed by atoms with van der Waals surface area (Å²) >= 11 is 0. The number of aryl methyl sites for hydroxylation is 2. The van der Waals surface area contributed by atoms with E-state index in [9.17, 15) is 0 Å². The lowest BCUT2D eigenvalue weighted by Gasteiger charge is -2.17. The van der Waals surface area contributed by atoms with E-state index in [1.165, 1.54) is 23.1 Å². The fraction of sp³-hybridized carbons (Fsp3) is 0.667. The van der Waals surface area contributed by atoms with Gasteiger partial charge < -0.3 is 14.8 Å². The van der Waals surface area contributed by atoms with Crippen LogP contribution in [-0.2, 0) is 9.47 Å². The van der Waals surface area contributed by atoms with Crippen LogP contribution >= 0.6 is 0 Å². The average Bonchev–Trinajstić information content (AvgIpc) is 2.95. The Morgan fingerprint density at radius 2 is 2.24 bits per heavy atom. The standard InChI is InChI=1S/C18H29NO2/c1-14-7-8-18(15(2)12-14)16(3)19-9-5-10-20-13-17-6-4-11-21-17/h7-8,12,16-17,19H,4-6,9-11,13H2,1-3H3. The van der Waals surface area contributed by atoms with Gasteiger partial charge in [-0.05, 0) is 57.7 Å². The minimum Gasteiger partial charge on any atom is -0.379 e. The van der Waals surface area contributed by atoms with Crippen molar-refractivity contribution in [2.75, 3.05) is 26.4 Å². The average molecular weight is 291 g/mol. The van der Waals surface area contributed by atoms with Gasteiger partial charge in [-0.1, -0.05) is 23.8 Å². The lowest BCUT2D eigenvalue weighted by Crippen LogP contribution is -2.22. The molecule has 3 heteroatoms. The molecule has 0 bridgehead atoms. The monoisotopic (exact) mass is 291 g/mol. The maximum Gasteiger partial charge on any atom is 0.0809 e. The molecule has 1 aliphatic heterocycles. The van der Waals surface area contributed by atoms with E-state index in [2.05, 4.69) is 44.3 Å². The lowest BCUT2D eigenvalue weighted by atomic mass is 10.0. The summed E-state index contributed by atoms with van der Waals surface area (Å²) in [4.78, 5) is 0. The van der Waals surface area contributed by atoms with Crippen molar-refractivity contribution in [1.29, 1.82) is 0 Å². The summed E-state index contributed by atoms with van der Waals surface area (Å²) in [5, 5.41) is 3.58. The van der Waals surface area contributed by atoms with Crippen LogP contribution in [0.25, 0.3) is 0 Å². The van der Waals surface area contributed by atoms with Gasteiger partial charge in [-0.25, -0.2) is 0 Å². The largest absolute Gasteiger partial charge is 0.379 e. The SMILES string of the molecule is Cc1ccc(C(C)NCCCOCC2CCCO2)c(C)c1. The minimum absolute atomic E-state index is 0.340. The first-order valence-electron chi connectivity index (χ1n) is 8.16. The molecule has 118 valence electrons. The lowest BCUT2D eigenvalue weighted by molar-refractivity contribution is 0.0165. The quantitative estimate of drug-likeness (QED) is 0.743. The van der Waals surface area contributed by atoms with Gasteiger partial charge in [-0.2, -0.15) is 0 Å². The van der Waals surface area contributed by atoms with Crippen LogP contribution in [0.4, 0.5) is 0 Å². The molecule has 0 aliphatic carbocycles. The highest BCUT2D eigenvalue weighted by molar-refractivity contribution is 5.32. The topological polar surface area (TPSA) is 30.5 Å². The van der Waals surface area contributed by atoms with Crippen LogP contribution in [0, 0.1) is 13.8 Å². The van der Waals surface area contributed by atoms with Crippen molar-refractivity contribution in [3.8, 4) is 0 Å². The van der Waals surface area contributed by atoms with E-state index < -0.39 is 0 Å². The first-order chi connectivity index (χ1) is 10.2. The summed E-state index contributed by atoms with van der Waals surface area (Å²) in [5.41, 5.74) is 4.08. The van der Waals surface area contributed by atoms with Crippen molar-refractivity contribution >= 4 is 0 Å². The summed E-state index contributed by atoms with van der Waals surface area (Å²) in [6, 6.07) is 7.06. The van der Waals surface area contributed by atoms with E-state index in [0.717, 1.165) is 39.2 Å². The molecule has 1 aromatic carbocycles. The molecule has 1 N–H and O–H groups in total. The summed E-state index contributed by atoms with van der Waals surface area (Å²) in [6.45, 7) is 10.0. The molecule has 2 rings (SSSR count). The molecule has 1 fully saturated rings. The maximum atomic E-state index is 5.68. The molecule has 1 aromatic rings. The molecule has 0 aromatic heterocycles. The van der Waals surface area contributed by atoms with Crippen LogP contribution in [0.1, 0.15) is 48.9 Å². The highest BCUT2D eigenvalue weighted by Gasteiger charge is 2.15. The van der Waals surface area contributed by atoms with E-state index in [-0.39, 0.29) is 0 Å². The van der Waals surface area contributed by atoms with E-state index in [1.807, 2.05) is 0 Å². The Bertz CT molecular complexity index is 427. The number of rotatable bonds is 8. The molecule has 21 heavy (non-hydrogen) atoms. The second-order valence-corrected chi connectivity index (χ2v) is 6.10. The Morgan fingerprint density at radius 3 is 2.95 bits per heavy atom. The molecule has 0 saturated carbocycles. The van der Waals surface area contributed by atoms with Gasteiger partial charge in [0.05, 0.1) is 12.7 Å². The summed E-state index contributed by atoms with van der Waals surface area (Å²) < 4.78 is 11.2. The van der Waals surface area contributed by atoms with Crippen LogP contribution in [0.2, 0.25) is 0 Å². The van der Waals surface area contributed by atoms with E-state index in [1.54, 1.807) is 0 Å². The molecule has 1 aliphatic rings. The van der Waals surface area contributed by atoms with Crippen molar-refractivity contribution < 1.29 is 9.47 Å². The molecule has 1 heterocycles. The number of ether oxygens (including phenoxy) is 2. The Kier molecular flexibility index (Phi) is 6.68. The third-order valence-electron chi connectivity index (χ3n) is 4.14. The molecule has 2 unspecified atom stereocenters. The van der Waals surface area contributed by atoms with Crippen LogP contribution in [0.15, 0.2) is 18.2 Å². The van der Waals surface area contributed by atoms with Crippen LogP contribution < -0.4 is 5.32 Å². The van der Waals surface area contributed by atoms with Gasteiger partial charge in [0.15, 0.2) is 0 Å². The fourth-order valence-corrected chi connectivity index (χ4v) is 2.90. The normalized spacial score (nSPS) is 19.9. The number of benzene rings is 1. The second kappa shape index (κ2) is 8.52. The van der Waals surface area contributed by atoms with Gasteiger partial charge in [0, 0.05) is 19.3 Å². The van der Waals surface area contributed by atoms with E-state index in [0.29, 0.717) is 12.1 Å². The molecule has 0 radical (unpaired) electrons. The smallest absolute Gasteiger partial charge is 0.0809 e. The zero-order valence-electron chi connectivity index (χ0n) is 13.7. The van der Waals surface area contributed by atoms with Crippen LogP contribution in [0.3, 0.4) is 0 Å². The Morgan fingerprint density at radius 1 is 1.38 bits per heavy atom. The number of nitrogens with one attached hydrogen (secondary N) is 1. The molecule has 0 amide bonds. The van der Waals surface area contributed by atoms with Gasteiger partial charge in [0.2, 0.25) is 0 Å². The second-order valence-electron chi connectivity index (χ2n) is 6.10. The Hall–Kier alpha value is -0.900. The Labute approximate surface area is 129 Å². The molecule has 1 saturated heterocycles. The first-order valence-corrected chi connectivity index (χ1v) is 8.16. The van der Waals surface area contributed by atoms with Crippen molar-refractivity contribution in [3.63, 3.8) is 0 Å². The molecule has 3 nitrogen and oxygen atoms in total. The zero-order chi connectivity index (χ0) is 15.1. The third-order valence-corrected chi connectivity index (χ3v) is 4.14. The minimum atomic E-state index is 0.340. The van der Waals surface area contributed by atoms with Gasteiger partial charge in [0.1, 0.15) is 0 Å². The van der Waals surface area contributed by atoms with E-state index >= 15 is 0 Å². The van der Waals surface area contributed by atoms with Gasteiger partial charge >= 0.3 is 0 Å². The van der Waals surface area contributed by atoms with Crippen LogP contribution in [-0.4, -0.2) is 32.5 Å². The van der Waals surface area contributed by atoms with Crippen LogP contribution in [0.5, 0.6) is 0 Å². The summed E-state index contributed by atoms with van der Waals surface area (Å²) in [5.74, 6) is 0. The van der Waals surface area contributed by atoms with Crippen molar-refractivity contribution in [2.24, 2.45) is 0 Å². The molecular formula is C18H29NO2. The first kappa shape index (κ1) is 16.5. The predicted molar refractivity (Wildman–Crippen MR) is 86.7 cm³/mol. The van der Waals surface area contributed by atoms with E-state index in [4.69, 9.17) is 9.47 Å². The van der Waals surface area contributed by atoms with Crippen molar-refractivity contribution in [2.45, 2.75) is 52.2 Å². The summed E-state index contributed by atoms with van der Waals surface area (Å²) in [7, 11) is 0. The van der Waals surface area contributed by atoms with Gasteiger partial charge in [-0.15, -0.1) is 0 Å². The van der Waals surface area contributed by atoms with Crippen molar-refractivity contribution in [1.82, 2.24) is 5.32 Å². The molecule has 2 atom stereocenters. The number of hydrogen-bond acceptors (Lipinski definition) is 3. The molecular weight excluding hydrogens is 262 g/mol. The summed E-state index contributed by atoms with van der Waals surface area (Å²) in [6.07, 6.45) is 3.72. The highest BCUT2D eigenvalue weighted by atomic mass is 16.5. The highest BCUT2D eigenvalue weighted by Crippen LogP contribution is 2.18. The fourth-order valence-electron chi connectivity index (χ4n) is 2.90. The number of hydrogen-bond donors (Lipinski definition) is 1. The Balaban J connectivity index is 1.59.